The molecule has 0 aliphatic rings. The van der Waals surface area contributed by atoms with Crippen molar-refractivity contribution < 1.29 is 23.5 Å². The minimum Gasteiger partial charge on any atom is -0.497 e. The van der Waals surface area contributed by atoms with Crippen molar-refractivity contribution in [3.05, 3.63) is 52.1 Å². The molecule has 0 amide bonds. The summed E-state index contributed by atoms with van der Waals surface area (Å²) in [6, 6.07) is 8.55. The lowest BCUT2D eigenvalue weighted by atomic mass is 10.0. The number of carboxylic acid groups (broad SMARTS) is 1. The number of methoxy groups -OCH3 is 1. The van der Waals surface area contributed by atoms with Gasteiger partial charge in [0.25, 0.3) is 0 Å². The molecule has 2 heterocycles. The molecule has 0 saturated carbocycles. The smallest absolute Gasteiger partial charge is 0.347 e. The Bertz CT molecular complexity index is 930. The Morgan fingerprint density at radius 1 is 1.22 bits per heavy atom. The minimum atomic E-state index is -1.05. The van der Waals surface area contributed by atoms with Crippen LogP contribution in [0.25, 0.3) is 22.3 Å². The van der Waals surface area contributed by atoms with Crippen LogP contribution < -0.4 is 10.4 Å². The van der Waals surface area contributed by atoms with Crippen LogP contribution in [0.2, 0.25) is 0 Å². The monoisotopic (exact) mass is 314 g/mol. The molecule has 118 valence electrons. The molecule has 0 saturated heterocycles. The lowest BCUT2D eigenvalue weighted by Crippen LogP contribution is -2.06. The average molecular weight is 314 g/mol. The van der Waals surface area contributed by atoms with E-state index in [0.717, 1.165) is 0 Å². The third-order valence-electron chi connectivity index (χ3n) is 3.51. The molecule has 6 heteroatoms. The largest absolute Gasteiger partial charge is 0.497 e. The van der Waals surface area contributed by atoms with Gasteiger partial charge in [-0.05, 0) is 31.2 Å². The first-order valence-electron chi connectivity index (χ1n) is 6.92. The Balaban J connectivity index is 2.27. The maximum atomic E-state index is 12.1. The maximum Gasteiger partial charge on any atom is 0.347 e. The molecule has 0 aliphatic heterocycles. The zero-order chi connectivity index (χ0) is 16.6. The summed E-state index contributed by atoms with van der Waals surface area (Å²) in [6.45, 7) is 1.63. The van der Waals surface area contributed by atoms with Gasteiger partial charge in [0.1, 0.15) is 28.2 Å². The first kappa shape index (κ1) is 14.9. The molecule has 23 heavy (non-hydrogen) atoms. The van der Waals surface area contributed by atoms with Gasteiger partial charge in [0, 0.05) is 17.2 Å². The van der Waals surface area contributed by atoms with Crippen LogP contribution in [0, 0.1) is 6.92 Å². The number of hydrogen-bond donors (Lipinski definition) is 1. The fraction of sp³-hybridized carbons (Fsp3) is 0.176. The van der Waals surface area contributed by atoms with Gasteiger partial charge in [-0.15, -0.1) is 0 Å². The van der Waals surface area contributed by atoms with E-state index in [9.17, 15) is 9.59 Å². The number of ether oxygens (including phenoxy) is 1. The average Bonchev–Trinajstić information content (AvgIpc) is 2.85. The van der Waals surface area contributed by atoms with Crippen LogP contribution in [0.1, 0.15) is 11.3 Å². The first-order valence-corrected chi connectivity index (χ1v) is 6.92. The first-order chi connectivity index (χ1) is 11.0. The summed E-state index contributed by atoms with van der Waals surface area (Å²) < 4.78 is 15.9. The number of fused-ring (bicyclic) bond motifs is 1. The van der Waals surface area contributed by atoms with Gasteiger partial charge < -0.3 is 18.7 Å². The van der Waals surface area contributed by atoms with E-state index in [1.54, 1.807) is 44.4 Å². The van der Waals surface area contributed by atoms with E-state index in [-0.39, 0.29) is 11.8 Å². The summed E-state index contributed by atoms with van der Waals surface area (Å²) in [5.74, 6) is 0.366. The summed E-state index contributed by atoms with van der Waals surface area (Å²) >= 11 is 0. The van der Waals surface area contributed by atoms with Crippen LogP contribution in [0.4, 0.5) is 0 Å². The Morgan fingerprint density at radius 3 is 2.52 bits per heavy atom. The number of hydrogen-bond acceptors (Lipinski definition) is 5. The van der Waals surface area contributed by atoms with Gasteiger partial charge in [-0.3, -0.25) is 4.79 Å². The van der Waals surface area contributed by atoms with Crippen molar-refractivity contribution in [2.45, 2.75) is 13.3 Å². The quantitative estimate of drug-likeness (QED) is 0.796. The molecule has 6 nitrogen and oxygen atoms in total. The molecule has 0 spiro atoms. The van der Waals surface area contributed by atoms with Crippen LogP contribution in [0.15, 0.2) is 44.0 Å². The van der Waals surface area contributed by atoms with Crippen LogP contribution in [-0.4, -0.2) is 18.2 Å². The second-order valence-electron chi connectivity index (χ2n) is 5.09. The third-order valence-corrected chi connectivity index (χ3v) is 3.51. The molecule has 2 aromatic heterocycles. The van der Waals surface area contributed by atoms with Gasteiger partial charge in [0.2, 0.25) is 0 Å². The van der Waals surface area contributed by atoms with Gasteiger partial charge in [-0.1, -0.05) is 0 Å². The number of aryl methyl sites for hydroxylation is 1. The van der Waals surface area contributed by atoms with Gasteiger partial charge in [0.05, 0.1) is 13.5 Å². The van der Waals surface area contributed by atoms with Crippen molar-refractivity contribution >= 4 is 16.9 Å². The van der Waals surface area contributed by atoms with Crippen molar-refractivity contribution in [1.82, 2.24) is 0 Å². The van der Waals surface area contributed by atoms with Crippen LogP contribution in [0.3, 0.4) is 0 Å². The van der Waals surface area contributed by atoms with E-state index in [1.807, 2.05) is 0 Å². The second kappa shape index (κ2) is 5.64. The molecule has 1 N–H and O–H groups in total. The highest BCUT2D eigenvalue weighted by Crippen LogP contribution is 2.33. The van der Waals surface area contributed by atoms with Crippen molar-refractivity contribution in [2.75, 3.05) is 7.11 Å². The zero-order valence-corrected chi connectivity index (χ0v) is 12.6. The van der Waals surface area contributed by atoms with E-state index < -0.39 is 11.6 Å². The van der Waals surface area contributed by atoms with E-state index in [1.165, 1.54) is 0 Å². The molecule has 3 rings (SSSR count). The standard InChI is InChI=1S/C17H14O6/c1-9-7-13-15(17(20)22-9)12(8-14(18)19)16(23-13)10-3-5-11(21-2)6-4-10/h3-7H,8H2,1-2H3,(H,18,19). The van der Waals surface area contributed by atoms with Crippen LogP contribution in [0.5, 0.6) is 5.75 Å². The van der Waals surface area contributed by atoms with Gasteiger partial charge >= 0.3 is 11.6 Å². The summed E-state index contributed by atoms with van der Waals surface area (Å²) in [6.07, 6.45) is -0.331. The lowest BCUT2D eigenvalue weighted by molar-refractivity contribution is -0.136. The fourth-order valence-electron chi connectivity index (χ4n) is 2.52. The van der Waals surface area contributed by atoms with E-state index in [2.05, 4.69) is 0 Å². The van der Waals surface area contributed by atoms with E-state index in [0.29, 0.717) is 34.0 Å². The molecule has 0 fully saturated rings. The Kier molecular flexibility index (Phi) is 3.65. The number of carbonyl (C=O) groups is 1. The van der Waals surface area contributed by atoms with Crippen molar-refractivity contribution in [1.29, 1.82) is 0 Å². The van der Waals surface area contributed by atoms with Gasteiger partial charge in [-0.2, -0.15) is 0 Å². The number of benzene rings is 1. The van der Waals surface area contributed by atoms with Crippen molar-refractivity contribution in [3.8, 4) is 17.1 Å². The SMILES string of the molecule is COc1ccc(-c2oc3cc(C)oc(=O)c3c2CC(=O)O)cc1. The lowest BCUT2D eigenvalue weighted by Gasteiger charge is -2.03. The molecular weight excluding hydrogens is 300 g/mol. The number of rotatable bonds is 4. The highest BCUT2D eigenvalue weighted by Gasteiger charge is 2.22. The number of carboxylic acids is 1. The van der Waals surface area contributed by atoms with E-state index >= 15 is 0 Å². The predicted octanol–water partition coefficient (Wildman–Crippen LogP) is 3.00. The molecule has 0 atom stereocenters. The van der Waals surface area contributed by atoms with Crippen molar-refractivity contribution in [3.63, 3.8) is 0 Å². The highest BCUT2D eigenvalue weighted by molar-refractivity contribution is 5.90. The molecule has 0 aliphatic carbocycles. The summed E-state index contributed by atoms with van der Waals surface area (Å²) in [5.41, 5.74) is 0.697. The normalized spacial score (nSPS) is 10.9. The van der Waals surface area contributed by atoms with Crippen LogP contribution in [-0.2, 0) is 11.2 Å². The second-order valence-corrected chi connectivity index (χ2v) is 5.09. The van der Waals surface area contributed by atoms with E-state index in [4.69, 9.17) is 18.7 Å². The van der Waals surface area contributed by atoms with Gasteiger partial charge in [-0.25, -0.2) is 4.79 Å². The maximum absolute atomic E-state index is 12.1. The Labute approximate surface area is 130 Å². The zero-order valence-electron chi connectivity index (χ0n) is 12.6. The predicted molar refractivity (Wildman–Crippen MR) is 82.8 cm³/mol. The minimum absolute atomic E-state index is 0.170. The number of furan rings is 1. The van der Waals surface area contributed by atoms with Gasteiger partial charge in [0.15, 0.2) is 0 Å². The molecular formula is C17H14O6. The molecule has 3 aromatic rings. The summed E-state index contributed by atoms with van der Waals surface area (Å²) in [4.78, 5) is 23.3. The molecule has 1 aromatic carbocycles. The highest BCUT2D eigenvalue weighted by atomic mass is 16.5. The Hall–Kier alpha value is -3.02. The number of aliphatic carboxylic acids is 1. The molecule has 0 bridgehead atoms. The molecule has 0 radical (unpaired) electrons. The topological polar surface area (TPSA) is 89.9 Å². The van der Waals surface area contributed by atoms with Crippen molar-refractivity contribution in [2.24, 2.45) is 0 Å². The third kappa shape index (κ3) is 2.70. The molecule has 0 unspecified atom stereocenters. The Morgan fingerprint density at radius 2 is 1.91 bits per heavy atom. The summed E-state index contributed by atoms with van der Waals surface area (Å²) in [7, 11) is 1.56. The van der Waals surface area contributed by atoms with Crippen LogP contribution >= 0.6 is 0 Å². The summed E-state index contributed by atoms with van der Waals surface area (Å²) in [5, 5.41) is 9.32. The fourth-order valence-corrected chi connectivity index (χ4v) is 2.52.